The molecule has 0 radical (unpaired) electrons. The van der Waals surface area contributed by atoms with E-state index in [1.807, 2.05) is 30.5 Å². The van der Waals surface area contributed by atoms with Gasteiger partial charge in [0.15, 0.2) is 0 Å². The van der Waals surface area contributed by atoms with Crippen LogP contribution in [0.1, 0.15) is 30.9 Å². The van der Waals surface area contributed by atoms with Crippen LogP contribution >= 0.6 is 0 Å². The van der Waals surface area contributed by atoms with Crippen LogP contribution in [0.4, 0.5) is 5.69 Å². The predicted octanol–water partition coefficient (Wildman–Crippen LogP) is 3.19. The van der Waals surface area contributed by atoms with Gasteiger partial charge in [-0.3, -0.25) is 4.98 Å². The Morgan fingerprint density at radius 2 is 2.00 bits per heavy atom. The molecule has 108 valence electrons. The highest BCUT2D eigenvalue weighted by atomic mass is 15.1. The van der Waals surface area contributed by atoms with Crippen LogP contribution in [-0.4, -0.2) is 14.5 Å². The summed E-state index contributed by atoms with van der Waals surface area (Å²) in [5.74, 6) is 1.07. The number of pyridine rings is 1. The zero-order valence-corrected chi connectivity index (χ0v) is 12.5. The average molecular weight is 280 g/mol. The van der Waals surface area contributed by atoms with Gasteiger partial charge in [0, 0.05) is 18.3 Å². The normalized spacial score (nSPS) is 11.1. The number of rotatable bonds is 4. The summed E-state index contributed by atoms with van der Waals surface area (Å²) >= 11 is 0. The van der Waals surface area contributed by atoms with Crippen LogP contribution in [0.15, 0.2) is 36.5 Å². The lowest BCUT2D eigenvalue weighted by Crippen LogP contribution is -2.08. The molecule has 0 fully saturated rings. The fourth-order valence-corrected chi connectivity index (χ4v) is 2.73. The molecule has 0 amide bonds. The Labute approximate surface area is 124 Å². The fraction of sp³-hybridized carbons (Fsp3) is 0.294. The fourth-order valence-electron chi connectivity index (χ4n) is 2.73. The molecule has 0 saturated heterocycles. The number of hydrogen-bond acceptors (Lipinski definition) is 3. The van der Waals surface area contributed by atoms with Gasteiger partial charge in [-0.1, -0.05) is 19.9 Å². The van der Waals surface area contributed by atoms with Gasteiger partial charge in [-0.15, -0.1) is 0 Å². The summed E-state index contributed by atoms with van der Waals surface area (Å²) in [6, 6.07) is 10.1. The van der Waals surface area contributed by atoms with Crippen LogP contribution in [0, 0.1) is 0 Å². The molecule has 0 saturated carbocycles. The van der Waals surface area contributed by atoms with Gasteiger partial charge in [-0.05, 0) is 36.2 Å². The summed E-state index contributed by atoms with van der Waals surface area (Å²) in [6.07, 6.45) is 3.74. The largest absolute Gasteiger partial charge is 0.399 e. The third-order valence-corrected chi connectivity index (χ3v) is 3.84. The van der Waals surface area contributed by atoms with Gasteiger partial charge in [-0.25, -0.2) is 4.98 Å². The molecule has 0 aliphatic heterocycles. The second-order valence-electron chi connectivity index (χ2n) is 5.18. The third kappa shape index (κ3) is 2.49. The number of nitrogens with zero attached hydrogens (tertiary/aromatic N) is 3. The van der Waals surface area contributed by atoms with Crippen LogP contribution in [0.25, 0.3) is 11.0 Å². The van der Waals surface area contributed by atoms with E-state index in [1.54, 1.807) is 0 Å². The van der Waals surface area contributed by atoms with Gasteiger partial charge in [-0.2, -0.15) is 0 Å². The van der Waals surface area contributed by atoms with Gasteiger partial charge in [0.1, 0.15) is 5.82 Å². The second kappa shape index (κ2) is 5.56. The summed E-state index contributed by atoms with van der Waals surface area (Å²) in [5.41, 5.74) is 11.1. The number of hydrogen-bond donors (Lipinski definition) is 1. The number of nitrogens with two attached hydrogens (primary N) is 1. The van der Waals surface area contributed by atoms with E-state index in [-0.39, 0.29) is 0 Å². The number of anilines is 1. The topological polar surface area (TPSA) is 56.7 Å². The minimum Gasteiger partial charge on any atom is -0.399 e. The molecule has 4 heteroatoms. The lowest BCUT2D eigenvalue weighted by Gasteiger charge is -2.11. The van der Waals surface area contributed by atoms with Crippen LogP contribution in [0.2, 0.25) is 0 Å². The zero-order chi connectivity index (χ0) is 14.8. The van der Waals surface area contributed by atoms with Crippen molar-refractivity contribution in [1.29, 1.82) is 0 Å². The highest BCUT2D eigenvalue weighted by Gasteiger charge is 2.12. The first-order chi connectivity index (χ1) is 10.2. The molecule has 0 aliphatic carbocycles. The maximum Gasteiger partial charge on any atom is 0.109 e. The minimum atomic E-state index is 0.752. The molecule has 4 nitrogen and oxygen atoms in total. The van der Waals surface area contributed by atoms with Crippen molar-refractivity contribution in [1.82, 2.24) is 14.5 Å². The highest BCUT2D eigenvalue weighted by Crippen LogP contribution is 2.21. The molecule has 21 heavy (non-hydrogen) atoms. The Balaban J connectivity index is 2.11. The molecule has 0 unspecified atom stereocenters. The number of aromatic nitrogens is 3. The Kier molecular flexibility index (Phi) is 3.60. The van der Waals surface area contributed by atoms with Crippen LogP contribution in [0.5, 0.6) is 0 Å². The van der Waals surface area contributed by atoms with E-state index < -0.39 is 0 Å². The van der Waals surface area contributed by atoms with Gasteiger partial charge in [0.25, 0.3) is 0 Å². The number of fused-ring (bicyclic) bond motifs is 1. The van der Waals surface area contributed by atoms with E-state index in [9.17, 15) is 0 Å². The first kappa shape index (κ1) is 13.6. The van der Waals surface area contributed by atoms with E-state index in [2.05, 4.69) is 29.5 Å². The van der Waals surface area contributed by atoms with Crippen molar-refractivity contribution in [2.45, 2.75) is 33.2 Å². The van der Waals surface area contributed by atoms with Crippen molar-refractivity contribution >= 4 is 16.7 Å². The Bertz CT molecular complexity index is 774. The van der Waals surface area contributed by atoms with Crippen molar-refractivity contribution in [2.75, 3.05) is 5.73 Å². The van der Waals surface area contributed by atoms with Crippen molar-refractivity contribution in [3.05, 3.63) is 53.6 Å². The Hall–Kier alpha value is -2.36. The quantitative estimate of drug-likeness (QED) is 0.747. The maximum absolute atomic E-state index is 5.86. The molecule has 3 aromatic rings. The summed E-state index contributed by atoms with van der Waals surface area (Å²) in [4.78, 5) is 9.25. The van der Waals surface area contributed by atoms with Gasteiger partial charge < -0.3 is 10.3 Å². The lowest BCUT2D eigenvalue weighted by molar-refractivity contribution is 0.728. The smallest absolute Gasteiger partial charge is 0.109 e. The van der Waals surface area contributed by atoms with E-state index >= 15 is 0 Å². The van der Waals surface area contributed by atoms with Crippen molar-refractivity contribution in [2.24, 2.45) is 0 Å². The lowest BCUT2D eigenvalue weighted by atomic mass is 10.1. The Morgan fingerprint density at radius 3 is 2.76 bits per heavy atom. The van der Waals surface area contributed by atoms with Gasteiger partial charge in [0.2, 0.25) is 0 Å². The monoisotopic (exact) mass is 280 g/mol. The van der Waals surface area contributed by atoms with Gasteiger partial charge in [0.05, 0.1) is 23.3 Å². The molecule has 2 heterocycles. The van der Waals surface area contributed by atoms with Crippen molar-refractivity contribution < 1.29 is 0 Å². The summed E-state index contributed by atoms with van der Waals surface area (Å²) in [7, 11) is 0. The van der Waals surface area contributed by atoms with Crippen LogP contribution < -0.4 is 5.73 Å². The first-order valence-electron chi connectivity index (χ1n) is 7.40. The molecule has 0 bridgehead atoms. The number of benzene rings is 1. The van der Waals surface area contributed by atoms with E-state index in [0.29, 0.717) is 0 Å². The summed E-state index contributed by atoms with van der Waals surface area (Å²) in [6.45, 7) is 5.04. The molecule has 2 N–H and O–H groups in total. The predicted molar refractivity (Wildman–Crippen MR) is 86.2 cm³/mol. The Morgan fingerprint density at radius 1 is 1.14 bits per heavy atom. The number of nitrogen functional groups attached to an aromatic ring is 1. The van der Waals surface area contributed by atoms with Crippen molar-refractivity contribution in [3.63, 3.8) is 0 Å². The molecule has 0 aliphatic rings. The summed E-state index contributed by atoms with van der Waals surface area (Å²) < 4.78 is 2.25. The number of imidazole rings is 1. The third-order valence-electron chi connectivity index (χ3n) is 3.84. The molecule has 3 rings (SSSR count). The average Bonchev–Trinajstić information content (AvgIpc) is 2.84. The zero-order valence-electron chi connectivity index (χ0n) is 12.5. The summed E-state index contributed by atoms with van der Waals surface area (Å²) in [5, 5.41) is 0. The van der Waals surface area contributed by atoms with E-state index in [4.69, 9.17) is 10.7 Å². The molecular weight excluding hydrogens is 260 g/mol. The SMILES string of the molecule is CCc1cccnc1Cn1c(CC)nc2cc(N)ccc21. The minimum absolute atomic E-state index is 0.752. The van der Waals surface area contributed by atoms with Crippen LogP contribution in [0.3, 0.4) is 0 Å². The standard InChI is InChI=1S/C17H20N4/c1-3-12-6-5-9-19-15(12)11-21-16-8-7-13(18)10-14(16)20-17(21)4-2/h5-10H,3-4,11,18H2,1-2H3. The number of aryl methyl sites for hydroxylation is 2. The first-order valence-corrected chi connectivity index (χ1v) is 7.40. The highest BCUT2D eigenvalue weighted by molar-refractivity contribution is 5.79. The maximum atomic E-state index is 5.86. The molecule has 0 atom stereocenters. The van der Waals surface area contributed by atoms with Crippen LogP contribution in [-0.2, 0) is 19.4 Å². The molecular formula is C17H20N4. The second-order valence-corrected chi connectivity index (χ2v) is 5.18. The van der Waals surface area contributed by atoms with Gasteiger partial charge >= 0.3 is 0 Å². The van der Waals surface area contributed by atoms with E-state index in [1.165, 1.54) is 5.56 Å². The molecule has 1 aromatic carbocycles. The molecule has 2 aromatic heterocycles. The van der Waals surface area contributed by atoms with E-state index in [0.717, 1.165) is 47.6 Å². The van der Waals surface area contributed by atoms with Crippen molar-refractivity contribution in [3.8, 4) is 0 Å². The molecule has 0 spiro atoms.